The van der Waals surface area contributed by atoms with Crippen molar-refractivity contribution in [2.24, 2.45) is 5.10 Å². The number of hydrogen-bond acceptors (Lipinski definition) is 4. The first-order valence-corrected chi connectivity index (χ1v) is 9.61. The van der Waals surface area contributed by atoms with Crippen LogP contribution in [0.25, 0.3) is 10.1 Å². The number of fused-ring (bicyclic) bond motifs is 1. The van der Waals surface area contributed by atoms with E-state index in [0.717, 1.165) is 40.8 Å². The Morgan fingerprint density at radius 2 is 2.00 bits per heavy atom. The molecule has 0 aliphatic carbocycles. The molecular formula is C20H19ClN2O2S. The maximum absolute atomic E-state index is 12.3. The predicted octanol–water partition coefficient (Wildman–Crippen LogP) is 5.50. The smallest absolute Gasteiger partial charge is 0.283 e. The molecule has 0 atom stereocenters. The number of amides is 1. The first-order chi connectivity index (χ1) is 12.7. The zero-order valence-corrected chi connectivity index (χ0v) is 15.9. The molecule has 0 aliphatic rings. The number of carbonyl (C=O) groups is 1. The molecule has 26 heavy (non-hydrogen) atoms. The van der Waals surface area contributed by atoms with Crippen molar-refractivity contribution in [2.75, 3.05) is 6.61 Å². The summed E-state index contributed by atoms with van der Waals surface area (Å²) in [6.45, 7) is 2.85. The van der Waals surface area contributed by atoms with Crippen molar-refractivity contribution < 1.29 is 9.53 Å². The van der Waals surface area contributed by atoms with Gasteiger partial charge in [-0.3, -0.25) is 4.79 Å². The molecule has 3 aromatic rings. The molecule has 0 spiro atoms. The number of ether oxygens (including phenoxy) is 1. The van der Waals surface area contributed by atoms with Gasteiger partial charge in [0.1, 0.15) is 10.6 Å². The Kier molecular flexibility index (Phi) is 6.26. The maximum Gasteiger partial charge on any atom is 0.283 e. The fourth-order valence-electron chi connectivity index (χ4n) is 2.36. The predicted molar refractivity (Wildman–Crippen MR) is 109 cm³/mol. The number of carbonyl (C=O) groups excluding carboxylic acids is 1. The van der Waals surface area contributed by atoms with E-state index in [1.54, 1.807) is 6.21 Å². The van der Waals surface area contributed by atoms with Gasteiger partial charge in [0.05, 0.1) is 17.8 Å². The number of halogens is 1. The second kappa shape index (κ2) is 8.83. The first-order valence-electron chi connectivity index (χ1n) is 8.42. The highest BCUT2D eigenvalue weighted by atomic mass is 35.5. The van der Waals surface area contributed by atoms with Crippen LogP contribution in [0.15, 0.2) is 53.6 Å². The van der Waals surface area contributed by atoms with Crippen molar-refractivity contribution in [1.82, 2.24) is 5.43 Å². The van der Waals surface area contributed by atoms with E-state index >= 15 is 0 Å². The summed E-state index contributed by atoms with van der Waals surface area (Å²) in [6.07, 6.45) is 3.73. The summed E-state index contributed by atoms with van der Waals surface area (Å²) >= 11 is 7.66. The highest BCUT2D eigenvalue weighted by molar-refractivity contribution is 7.21. The van der Waals surface area contributed by atoms with E-state index in [-0.39, 0.29) is 5.91 Å². The molecule has 134 valence electrons. The fraction of sp³-hybridized carbons (Fsp3) is 0.200. The topological polar surface area (TPSA) is 50.7 Å². The Bertz CT molecular complexity index is 919. The fourth-order valence-corrected chi connectivity index (χ4v) is 3.77. The van der Waals surface area contributed by atoms with Crippen LogP contribution in [0.1, 0.15) is 35.0 Å². The van der Waals surface area contributed by atoms with Crippen LogP contribution in [-0.4, -0.2) is 18.7 Å². The molecule has 4 nitrogen and oxygen atoms in total. The van der Waals surface area contributed by atoms with Gasteiger partial charge in [-0.1, -0.05) is 43.1 Å². The van der Waals surface area contributed by atoms with Crippen molar-refractivity contribution in [3.63, 3.8) is 0 Å². The summed E-state index contributed by atoms with van der Waals surface area (Å²) in [7, 11) is 0. The van der Waals surface area contributed by atoms with Gasteiger partial charge >= 0.3 is 0 Å². The minimum Gasteiger partial charge on any atom is -0.494 e. The molecule has 0 fully saturated rings. The van der Waals surface area contributed by atoms with Gasteiger partial charge < -0.3 is 4.74 Å². The highest BCUT2D eigenvalue weighted by Gasteiger charge is 2.16. The van der Waals surface area contributed by atoms with E-state index < -0.39 is 0 Å². The monoisotopic (exact) mass is 386 g/mol. The molecule has 0 saturated carbocycles. The van der Waals surface area contributed by atoms with E-state index in [0.29, 0.717) is 9.90 Å². The van der Waals surface area contributed by atoms with Gasteiger partial charge in [-0.2, -0.15) is 5.10 Å². The van der Waals surface area contributed by atoms with Gasteiger partial charge in [0, 0.05) is 10.1 Å². The van der Waals surface area contributed by atoms with Gasteiger partial charge in [0.25, 0.3) is 5.91 Å². The van der Waals surface area contributed by atoms with Crippen LogP contribution < -0.4 is 10.2 Å². The van der Waals surface area contributed by atoms with Crippen LogP contribution in [-0.2, 0) is 0 Å². The molecule has 0 unspecified atom stereocenters. The summed E-state index contributed by atoms with van der Waals surface area (Å²) in [6, 6.07) is 15.2. The standard InChI is InChI=1S/C20H19ClN2O2S/c1-2-3-12-25-15-10-8-14(9-11-15)13-22-23-20(24)19-18(21)16-6-4-5-7-17(16)26-19/h4-11,13H,2-3,12H2,1H3,(H,23,24). The average molecular weight is 387 g/mol. The number of nitrogens with zero attached hydrogens (tertiary/aromatic N) is 1. The molecule has 6 heteroatoms. The highest BCUT2D eigenvalue weighted by Crippen LogP contribution is 2.34. The molecule has 3 rings (SSSR count). The van der Waals surface area contributed by atoms with Crippen molar-refractivity contribution in [3.05, 3.63) is 64.0 Å². The van der Waals surface area contributed by atoms with E-state index in [2.05, 4.69) is 17.5 Å². The molecule has 2 aromatic carbocycles. The Hall–Kier alpha value is -2.37. The van der Waals surface area contributed by atoms with Crippen LogP contribution in [0.5, 0.6) is 5.75 Å². The Morgan fingerprint density at radius 1 is 1.23 bits per heavy atom. The largest absolute Gasteiger partial charge is 0.494 e. The van der Waals surface area contributed by atoms with Crippen LogP contribution in [0.3, 0.4) is 0 Å². The second-order valence-electron chi connectivity index (χ2n) is 5.71. The average Bonchev–Trinajstić information content (AvgIpc) is 3.00. The van der Waals surface area contributed by atoms with Gasteiger partial charge in [-0.25, -0.2) is 5.43 Å². The normalized spacial score (nSPS) is 11.2. The molecule has 1 N–H and O–H groups in total. The Balaban J connectivity index is 1.60. The molecular weight excluding hydrogens is 368 g/mol. The summed E-state index contributed by atoms with van der Waals surface area (Å²) in [5.41, 5.74) is 3.40. The molecule has 0 bridgehead atoms. The summed E-state index contributed by atoms with van der Waals surface area (Å²) in [5, 5.41) is 5.36. The SMILES string of the molecule is CCCCOc1ccc(C=NNC(=O)c2sc3ccccc3c2Cl)cc1. The second-order valence-corrected chi connectivity index (χ2v) is 7.14. The van der Waals surface area contributed by atoms with Gasteiger partial charge in [0.15, 0.2) is 0 Å². The molecule has 1 heterocycles. The quantitative estimate of drug-likeness (QED) is 0.331. The number of hydrogen-bond donors (Lipinski definition) is 1. The van der Waals surface area contributed by atoms with Gasteiger partial charge in [-0.05, 0) is 42.3 Å². The van der Waals surface area contributed by atoms with Gasteiger partial charge in [-0.15, -0.1) is 11.3 Å². The lowest BCUT2D eigenvalue weighted by atomic mass is 10.2. The third-order valence-corrected chi connectivity index (χ3v) is 5.44. The zero-order valence-electron chi connectivity index (χ0n) is 14.4. The molecule has 0 radical (unpaired) electrons. The van der Waals surface area contributed by atoms with E-state index in [1.807, 2.05) is 48.5 Å². The lowest BCUT2D eigenvalue weighted by Gasteiger charge is -2.04. The minimum atomic E-state index is -0.313. The maximum atomic E-state index is 12.3. The number of hydrazone groups is 1. The third-order valence-electron chi connectivity index (χ3n) is 3.77. The van der Waals surface area contributed by atoms with Crippen molar-refractivity contribution in [1.29, 1.82) is 0 Å². The Morgan fingerprint density at radius 3 is 2.73 bits per heavy atom. The van der Waals surface area contributed by atoms with Crippen LogP contribution in [0, 0.1) is 0 Å². The van der Waals surface area contributed by atoms with Crippen molar-refractivity contribution in [3.8, 4) is 5.75 Å². The number of benzene rings is 2. The summed E-state index contributed by atoms with van der Waals surface area (Å²) in [5.74, 6) is 0.517. The van der Waals surface area contributed by atoms with E-state index in [9.17, 15) is 4.79 Å². The molecule has 1 amide bonds. The van der Waals surface area contributed by atoms with E-state index in [4.69, 9.17) is 16.3 Å². The van der Waals surface area contributed by atoms with Crippen molar-refractivity contribution >= 4 is 45.1 Å². The zero-order chi connectivity index (χ0) is 18.4. The summed E-state index contributed by atoms with van der Waals surface area (Å²) in [4.78, 5) is 12.8. The first kappa shape index (κ1) is 18.4. The Labute approximate surface area is 161 Å². The lowest BCUT2D eigenvalue weighted by Crippen LogP contribution is -2.16. The molecule has 1 aromatic heterocycles. The number of thiophene rings is 1. The van der Waals surface area contributed by atoms with Crippen molar-refractivity contribution in [2.45, 2.75) is 19.8 Å². The van der Waals surface area contributed by atoms with Crippen LogP contribution >= 0.6 is 22.9 Å². The molecule has 0 aliphatic heterocycles. The number of unbranched alkanes of at least 4 members (excludes halogenated alkanes) is 1. The third kappa shape index (κ3) is 4.42. The number of nitrogens with one attached hydrogen (secondary N) is 1. The summed E-state index contributed by atoms with van der Waals surface area (Å²) < 4.78 is 6.59. The van der Waals surface area contributed by atoms with Gasteiger partial charge in [0.2, 0.25) is 0 Å². The van der Waals surface area contributed by atoms with Crippen LogP contribution in [0.4, 0.5) is 0 Å². The number of rotatable bonds is 7. The minimum absolute atomic E-state index is 0.313. The lowest BCUT2D eigenvalue weighted by molar-refractivity contribution is 0.0959. The molecule has 0 saturated heterocycles. The van der Waals surface area contributed by atoms with Crippen LogP contribution in [0.2, 0.25) is 5.02 Å². The van der Waals surface area contributed by atoms with E-state index in [1.165, 1.54) is 11.3 Å².